The average Bonchev–Trinajstić information content (AvgIpc) is 2.17. The third-order valence-corrected chi connectivity index (χ3v) is 3.18. The van der Waals surface area contributed by atoms with E-state index < -0.39 is 0 Å². The molecule has 1 heterocycles. The van der Waals surface area contributed by atoms with Gasteiger partial charge in [0.1, 0.15) is 0 Å². The quantitative estimate of drug-likeness (QED) is 0.798. The first-order chi connectivity index (χ1) is 7.24. The summed E-state index contributed by atoms with van der Waals surface area (Å²) in [6, 6.07) is 2.82. The van der Waals surface area contributed by atoms with Crippen LogP contribution in [0.2, 0.25) is 0 Å². The van der Waals surface area contributed by atoms with Crippen LogP contribution in [-0.4, -0.2) is 11.0 Å². The van der Waals surface area contributed by atoms with Crippen LogP contribution < -0.4 is 5.32 Å². The molecule has 1 aliphatic carbocycles. The molecule has 1 saturated carbocycles. The molecule has 1 fully saturated rings. The van der Waals surface area contributed by atoms with E-state index in [0.29, 0.717) is 6.04 Å². The predicted molar refractivity (Wildman–Crippen MR) is 64.0 cm³/mol. The summed E-state index contributed by atoms with van der Waals surface area (Å²) in [5, 5.41) is 3.59. The van der Waals surface area contributed by atoms with Gasteiger partial charge in [0, 0.05) is 18.4 Å². The Bertz CT molecular complexity index is 322. The minimum absolute atomic E-state index is 0.650. The van der Waals surface area contributed by atoms with E-state index in [1.54, 1.807) is 0 Å². The fourth-order valence-corrected chi connectivity index (χ4v) is 2.43. The molecule has 0 aliphatic heterocycles. The number of nitrogens with one attached hydrogen (secondary N) is 1. The van der Waals surface area contributed by atoms with E-state index >= 15 is 0 Å². The maximum atomic E-state index is 4.21. The Kier molecular flexibility index (Phi) is 3.24. The van der Waals surface area contributed by atoms with Gasteiger partial charge in [-0.25, -0.2) is 0 Å². The highest BCUT2D eigenvalue weighted by atomic mass is 14.9. The highest BCUT2D eigenvalue weighted by Gasteiger charge is 2.18. The number of aryl methyl sites for hydroxylation is 1. The highest BCUT2D eigenvalue weighted by Crippen LogP contribution is 2.26. The monoisotopic (exact) mass is 204 g/mol. The van der Waals surface area contributed by atoms with E-state index in [2.05, 4.69) is 30.2 Å². The normalized spacial score (nSPS) is 26.3. The van der Waals surface area contributed by atoms with Gasteiger partial charge in [-0.2, -0.15) is 0 Å². The average molecular weight is 204 g/mol. The van der Waals surface area contributed by atoms with Crippen LogP contribution in [0.3, 0.4) is 0 Å². The van der Waals surface area contributed by atoms with Crippen molar-refractivity contribution in [3.05, 3.63) is 24.0 Å². The summed E-state index contributed by atoms with van der Waals surface area (Å²) in [5.41, 5.74) is 2.40. The van der Waals surface area contributed by atoms with Crippen molar-refractivity contribution in [1.82, 2.24) is 4.98 Å². The molecule has 2 rings (SSSR count). The van der Waals surface area contributed by atoms with E-state index in [4.69, 9.17) is 0 Å². The Labute approximate surface area is 92.1 Å². The van der Waals surface area contributed by atoms with Gasteiger partial charge in [-0.15, -0.1) is 0 Å². The molecule has 0 bridgehead atoms. The Morgan fingerprint density at radius 2 is 2.20 bits per heavy atom. The molecule has 15 heavy (non-hydrogen) atoms. The first-order valence-electron chi connectivity index (χ1n) is 5.92. The number of anilines is 1. The predicted octanol–water partition coefficient (Wildman–Crippen LogP) is 3.38. The maximum Gasteiger partial charge on any atom is 0.0531 e. The molecule has 82 valence electrons. The van der Waals surface area contributed by atoms with Gasteiger partial charge in [0.2, 0.25) is 0 Å². The van der Waals surface area contributed by atoms with E-state index in [0.717, 1.165) is 5.92 Å². The van der Waals surface area contributed by atoms with Gasteiger partial charge in [-0.3, -0.25) is 4.98 Å². The number of nitrogens with zero attached hydrogens (tertiary/aromatic N) is 1. The SMILES string of the molecule is Cc1cncc(NC2CCCC(C)C2)c1. The molecule has 1 aliphatic rings. The lowest BCUT2D eigenvalue weighted by molar-refractivity contribution is 0.358. The van der Waals surface area contributed by atoms with Crippen LogP contribution in [0.25, 0.3) is 0 Å². The van der Waals surface area contributed by atoms with Crippen LogP contribution in [0.1, 0.15) is 38.2 Å². The summed E-state index contributed by atoms with van der Waals surface area (Å²) in [6.07, 6.45) is 9.18. The van der Waals surface area contributed by atoms with E-state index in [1.165, 1.54) is 36.9 Å². The molecule has 0 amide bonds. The van der Waals surface area contributed by atoms with Crippen molar-refractivity contribution in [2.45, 2.75) is 45.6 Å². The zero-order chi connectivity index (χ0) is 10.7. The first-order valence-corrected chi connectivity index (χ1v) is 5.92. The van der Waals surface area contributed by atoms with Gasteiger partial charge in [-0.05, 0) is 37.3 Å². The standard InChI is InChI=1S/C13H20N2/c1-10-4-3-5-12(6-10)15-13-7-11(2)8-14-9-13/h7-10,12,15H,3-6H2,1-2H3. The Morgan fingerprint density at radius 3 is 2.93 bits per heavy atom. The fourth-order valence-electron chi connectivity index (χ4n) is 2.43. The van der Waals surface area contributed by atoms with E-state index in [1.807, 2.05) is 12.4 Å². The van der Waals surface area contributed by atoms with Gasteiger partial charge in [0.15, 0.2) is 0 Å². The molecule has 0 spiro atoms. The Morgan fingerprint density at radius 1 is 1.33 bits per heavy atom. The lowest BCUT2D eigenvalue weighted by Crippen LogP contribution is -2.26. The summed E-state index contributed by atoms with van der Waals surface area (Å²) in [7, 11) is 0. The molecule has 1 aromatic rings. The van der Waals surface area contributed by atoms with Crippen molar-refractivity contribution < 1.29 is 0 Å². The van der Waals surface area contributed by atoms with Crippen LogP contribution >= 0.6 is 0 Å². The number of pyridine rings is 1. The number of hydrogen-bond donors (Lipinski definition) is 1. The van der Waals surface area contributed by atoms with E-state index in [9.17, 15) is 0 Å². The third-order valence-electron chi connectivity index (χ3n) is 3.18. The largest absolute Gasteiger partial charge is 0.381 e. The topological polar surface area (TPSA) is 24.9 Å². The summed E-state index contributed by atoms with van der Waals surface area (Å²) in [5.74, 6) is 0.869. The molecule has 0 aromatic carbocycles. The second-order valence-electron chi connectivity index (χ2n) is 4.86. The first kappa shape index (κ1) is 10.5. The van der Waals surface area contributed by atoms with Crippen molar-refractivity contribution >= 4 is 5.69 Å². The highest BCUT2D eigenvalue weighted by molar-refractivity contribution is 5.43. The van der Waals surface area contributed by atoms with Gasteiger partial charge in [-0.1, -0.05) is 19.8 Å². The minimum Gasteiger partial charge on any atom is -0.381 e. The molecule has 2 heteroatoms. The lowest BCUT2D eigenvalue weighted by Gasteiger charge is -2.28. The molecule has 2 unspecified atom stereocenters. The smallest absolute Gasteiger partial charge is 0.0531 e. The third kappa shape index (κ3) is 2.95. The van der Waals surface area contributed by atoms with Gasteiger partial charge in [0.25, 0.3) is 0 Å². The van der Waals surface area contributed by atoms with Crippen molar-refractivity contribution in [3.8, 4) is 0 Å². The molecular weight excluding hydrogens is 184 g/mol. The molecule has 1 N–H and O–H groups in total. The van der Waals surface area contributed by atoms with Crippen molar-refractivity contribution in [2.75, 3.05) is 5.32 Å². The van der Waals surface area contributed by atoms with Crippen molar-refractivity contribution in [2.24, 2.45) is 5.92 Å². The van der Waals surface area contributed by atoms with Crippen LogP contribution in [0, 0.1) is 12.8 Å². The van der Waals surface area contributed by atoms with Gasteiger partial charge >= 0.3 is 0 Å². The van der Waals surface area contributed by atoms with Gasteiger partial charge in [0.05, 0.1) is 5.69 Å². The van der Waals surface area contributed by atoms with Crippen molar-refractivity contribution in [1.29, 1.82) is 0 Å². The zero-order valence-corrected chi connectivity index (χ0v) is 9.66. The summed E-state index contributed by atoms with van der Waals surface area (Å²) in [6.45, 7) is 4.43. The number of rotatable bonds is 2. The molecule has 2 nitrogen and oxygen atoms in total. The molecular formula is C13H20N2. The van der Waals surface area contributed by atoms with Crippen molar-refractivity contribution in [3.63, 3.8) is 0 Å². The summed E-state index contributed by atoms with van der Waals surface area (Å²) < 4.78 is 0. The molecule has 0 radical (unpaired) electrons. The van der Waals surface area contributed by atoms with Crippen LogP contribution in [-0.2, 0) is 0 Å². The maximum absolute atomic E-state index is 4.21. The van der Waals surface area contributed by atoms with Crippen LogP contribution in [0.4, 0.5) is 5.69 Å². The van der Waals surface area contributed by atoms with E-state index in [-0.39, 0.29) is 0 Å². The number of hydrogen-bond acceptors (Lipinski definition) is 2. The zero-order valence-electron chi connectivity index (χ0n) is 9.66. The molecule has 2 atom stereocenters. The molecule has 0 saturated heterocycles. The van der Waals surface area contributed by atoms with Gasteiger partial charge < -0.3 is 5.32 Å². The second-order valence-corrected chi connectivity index (χ2v) is 4.86. The summed E-state index contributed by atoms with van der Waals surface area (Å²) >= 11 is 0. The van der Waals surface area contributed by atoms with Crippen LogP contribution in [0.15, 0.2) is 18.5 Å². The van der Waals surface area contributed by atoms with Crippen LogP contribution in [0.5, 0.6) is 0 Å². The second kappa shape index (κ2) is 4.65. The fraction of sp³-hybridized carbons (Fsp3) is 0.615. The summed E-state index contributed by atoms with van der Waals surface area (Å²) in [4.78, 5) is 4.21. The Balaban J connectivity index is 1.96. The minimum atomic E-state index is 0.650. The Hall–Kier alpha value is -1.05. The number of aromatic nitrogens is 1. The lowest BCUT2D eigenvalue weighted by atomic mass is 9.87. The molecule has 1 aromatic heterocycles.